The minimum absolute atomic E-state index is 0.0136. The fraction of sp³-hybridized carbons (Fsp3) is 0.133. The van der Waals surface area contributed by atoms with Gasteiger partial charge in [-0.2, -0.15) is 13.2 Å². The monoisotopic (exact) mass is 366 g/mol. The molecule has 1 amide bonds. The van der Waals surface area contributed by atoms with Crippen LogP contribution in [0.25, 0.3) is 0 Å². The van der Waals surface area contributed by atoms with Gasteiger partial charge < -0.3 is 0 Å². The molecule has 0 saturated carbocycles. The highest BCUT2D eigenvalue weighted by atomic mass is 19.4. The summed E-state index contributed by atoms with van der Waals surface area (Å²) >= 11 is 0. The van der Waals surface area contributed by atoms with Crippen molar-refractivity contribution in [1.82, 2.24) is 5.43 Å². The molecule has 0 atom stereocenters. The van der Waals surface area contributed by atoms with Crippen LogP contribution in [0.4, 0.5) is 36.4 Å². The molecule has 0 fully saturated rings. The molecule has 2 aromatic carbocycles. The summed E-state index contributed by atoms with van der Waals surface area (Å²) in [7, 11) is 0. The summed E-state index contributed by atoms with van der Waals surface area (Å²) in [6.45, 7) is 0. The van der Waals surface area contributed by atoms with Gasteiger partial charge in [0.1, 0.15) is 5.69 Å². The van der Waals surface area contributed by atoms with E-state index in [2.05, 4.69) is 0 Å². The van der Waals surface area contributed by atoms with E-state index in [-0.39, 0.29) is 11.6 Å². The first-order chi connectivity index (χ1) is 11.6. The van der Waals surface area contributed by atoms with Crippen molar-refractivity contribution in [1.29, 1.82) is 0 Å². The van der Waals surface area contributed by atoms with Gasteiger partial charge in [0.25, 0.3) is 0 Å². The second-order valence-corrected chi connectivity index (χ2v) is 4.89. The predicted octanol–water partition coefficient (Wildman–Crippen LogP) is 3.95. The molecule has 0 heterocycles. The van der Waals surface area contributed by atoms with E-state index < -0.39 is 53.0 Å². The maximum Gasteiger partial charge on any atom is 0.416 e. The van der Waals surface area contributed by atoms with Crippen molar-refractivity contribution in [3.8, 4) is 0 Å². The van der Waals surface area contributed by atoms with Gasteiger partial charge in [0.2, 0.25) is 5.91 Å². The molecule has 134 valence electrons. The van der Waals surface area contributed by atoms with E-state index in [4.69, 9.17) is 0 Å². The van der Waals surface area contributed by atoms with Gasteiger partial charge in [-0.25, -0.2) is 17.6 Å². The lowest BCUT2D eigenvalue weighted by atomic mass is 10.1. The zero-order chi connectivity index (χ0) is 18.8. The number of hydrogen-bond donors (Lipinski definition) is 2. The predicted molar refractivity (Wildman–Crippen MR) is 73.2 cm³/mol. The number of halogens is 7. The number of rotatable bonds is 4. The fourth-order valence-corrected chi connectivity index (χ4v) is 1.90. The molecule has 2 rings (SSSR count). The smallest absolute Gasteiger partial charge is 0.293 e. The number of nitrogens with one attached hydrogen (secondary N) is 2. The summed E-state index contributed by atoms with van der Waals surface area (Å²) < 4.78 is 90.5. The van der Waals surface area contributed by atoms with Crippen molar-refractivity contribution >= 4 is 11.6 Å². The molecule has 2 N–H and O–H groups in total. The Morgan fingerprint density at radius 3 is 2.12 bits per heavy atom. The lowest BCUT2D eigenvalue weighted by Crippen LogP contribution is -2.32. The normalized spacial score (nSPS) is 11.3. The summed E-state index contributed by atoms with van der Waals surface area (Å²) in [6, 6.07) is 3.83. The standard InChI is InChI=1S/C15H9F7N2O/c16-9-6-10(17)13(19)14(12(9)18)24-23-11(25)5-7-2-1-3-8(4-7)15(20,21)22/h1-4,6,24H,5H2,(H,23,25). The number of anilines is 1. The largest absolute Gasteiger partial charge is 0.416 e. The number of amides is 1. The van der Waals surface area contributed by atoms with Crippen LogP contribution in [0.5, 0.6) is 0 Å². The first kappa shape index (κ1) is 18.6. The number of hydrazine groups is 1. The van der Waals surface area contributed by atoms with Crippen molar-refractivity contribution in [2.24, 2.45) is 0 Å². The Kier molecular flexibility index (Phi) is 5.19. The summed E-state index contributed by atoms with van der Waals surface area (Å²) in [4.78, 5) is 11.7. The van der Waals surface area contributed by atoms with Gasteiger partial charge >= 0.3 is 6.18 Å². The average Bonchev–Trinajstić information content (AvgIpc) is 2.52. The highest BCUT2D eigenvalue weighted by Crippen LogP contribution is 2.29. The second-order valence-electron chi connectivity index (χ2n) is 4.89. The molecule has 0 radical (unpaired) electrons. The van der Waals surface area contributed by atoms with E-state index in [9.17, 15) is 35.5 Å². The number of carbonyl (C=O) groups is 1. The molecule has 3 nitrogen and oxygen atoms in total. The average molecular weight is 366 g/mol. The number of benzene rings is 2. The van der Waals surface area contributed by atoms with Gasteiger partial charge in [-0.3, -0.25) is 15.6 Å². The first-order valence-electron chi connectivity index (χ1n) is 6.63. The van der Waals surface area contributed by atoms with Gasteiger partial charge in [-0.05, 0) is 11.6 Å². The molecule has 0 aliphatic carbocycles. The summed E-state index contributed by atoms with van der Waals surface area (Å²) in [5.74, 6) is -7.89. The van der Waals surface area contributed by atoms with E-state index in [0.717, 1.165) is 18.2 Å². The van der Waals surface area contributed by atoms with Crippen molar-refractivity contribution in [3.63, 3.8) is 0 Å². The molecule has 2 aromatic rings. The van der Waals surface area contributed by atoms with Crippen LogP contribution in [0.15, 0.2) is 30.3 Å². The van der Waals surface area contributed by atoms with Crippen molar-refractivity contribution in [2.45, 2.75) is 12.6 Å². The van der Waals surface area contributed by atoms with E-state index >= 15 is 0 Å². The molecule has 0 aliphatic heterocycles. The molecule has 25 heavy (non-hydrogen) atoms. The lowest BCUT2D eigenvalue weighted by Gasteiger charge is -2.12. The third kappa shape index (κ3) is 4.40. The van der Waals surface area contributed by atoms with E-state index in [1.54, 1.807) is 10.9 Å². The van der Waals surface area contributed by atoms with Crippen LogP contribution < -0.4 is 10.9 Å². The Morgan fingerprint density at radius 2 is 1.56 bits per heavy atom. The molecule has 0 unspecified atom stereocenters. The van der Waals surface area contributed by atoms with E-state index in [0.29, 0.717) is 0 Å². The van der Waals surface area contributed by atoms with Crippen molar-refractivity contribution in [2.75, 3.05) is 5.43 Å². The first-order valence-corrected chi connectivity index (χ1v) is 6.63. The Bertz CT molecular complexity index is 779. The molecular weight excluding hydrogens is 357 g/mol. The van der Waals surface area contributed by atoms with Crippen LogP contribution in [-0.4, -0.2) is 5.91 Å². The van der Waals surface area contributed by atoms with Gasteiger partial charge in [0.15, 0.2) is 23.3 Å². The topological polar surface area (TPSA) is 41.1 Å². The van der Waals surface area contributed by atoms with Gasteiger partial charge in [0.05, 0.1) is 12.0 Å². The van der Waals surface area contributed by atoms with Crippen LogP contribution in [0, 0.1) is 23.3 Å². The summed E-state index contributed by atoms with van der Waals surface area (Å²) in [5, 5.41) is 0. The summed E-state index contributed by atoms with van der Waals surface area (Å²) in [5.41, 5.74) is 1.16. The van der Waals surface area contributed by atoms with Crippen molar-refractivity contribution in [3.05, 3.63) is 64.7 Å². The Hall–Kier alpha value is -2.78. The molecule has 0 spiro atoms. The third-order valence-electron chi connectivity index (χ3n) is 3.06. The van der Waals surface area contributed by atoms with Gasteiger partial charge in [-0.1, -0.05) is 18.2 Å². The number of hydrogen-bond acceptors (Lipinski definition) is 2. The van der Waals surface area contributed by atoms with Crippen molar-refractivity contribution < 1.29 is 35.5 Å². The second kappa shape index (κ2) is 6.99. The molecule has 0 bridgehead atoms. The maximum atomic E-state index is 13.4. The van der Waals surface area contributed by atoms with Crippen LogP contribution in [0.1, 0.15) is 11.1 Å². The zero-order valence-electron chi connectivity index (χ0n) is 12.1. The molecule has 0 aliphatic rings. The minimum Gasteiger partial charge on any atom is -0.293 e. The van der Waals surface area contributed by atoms with Crippen LogP contribution in [0.3, 0.4) is 0 Å². The van der Waals surface area contributed by atoms with Gasteiger partial charge in [-0.15, -0.1) is 0 Å². The quantitative estimate of drug-likeness (QED) is 0.489. The lowest BCUT2D eigenvalue weighted by molar-refractivity contribution is -0.137. The van der Waals surface area contributed by atoms with E-state index in [1.807, 2.05) is 0 Å². The SMILES string of the molecule is O=C(Cc1cccc(C(F)(F)F)c1)NNc1c(F)c(F)cc(F)c1F. The molecule has 0 aromatic heterocycles. The Balaban J connectivity index is 2.08. The van der Waals surface area contributed by atoms with Crippen LogP contribution in [-0.2, 0) is 17.4 Å². The molecular formula is C15H9F7N2O. The highest BCUT2D eigenvalue weighted by molar-refractivity contribution is 5.80. The summed E-state index contributed by atoms with van der Waals surface area (Å²) in [6.07, 6.45) is -5.17. The molecule has 10 heteroatoms. The fourth-order valence-electron chi connectivity index (χ4n) is 1.90. The number of alkyl halides is 3. The Labute approximate surface area is 136 Å². The molecule has 0 saturated heterocycles. The van der Waals surface area contributed by atoms with Crippen LogP contribution >= 0.6 is 0 Å². The maximum absolute atomic E-state index is 13.4. The van der Waals surface area contributed by atoms with Gasteiger partial charge in [0, 0.05) is 6.07 Å². The van der Waals surface area contributed by atoms with Crippen LogP contribution in [0.2, 0.25) is 0 Å². The highest BCUT2D eigenvalue weighted by Gasteiger charge is 2.30. The Morgan fingerprint density at radius 1 is 0.960 bits per heavy atom. The minimum atomic E-state index is -4.60. The third-order valence-corrected chi connectivity index (χ3v) is 3.06. The number of carbonyl (C=O) groups excluding carboxylic acids is 1. The zero-order valence-corrected chi connectivity index (χ0v) is 12.1. The van der Waals surface area contributed by atoms with E-state index in [1.165, 1.54) is 6.07 Å².